The van der Waals surface area contributed by atoms with E-state index in [4.69, 9.17) is 4.74 Å². The lowest BCUT2D eigenvalue weighted by atomic mass is 9.91. The van der Waals surface area contributed by atoms with E-state index in [0.29, 0.717) is 0 Å². The number of rotatable bonds is 4. The molecule has 0 N–H and O–H groups in total. The second kappa shape index (κ2) is 3.57. The normalized spacial score (nSPS) is 21.4. The molecule has 0 spiro atoms. The van der Waals surface area contributed by atoms with Crippen LogP contribution in [0.25, 0.3) is 0 Å². The summed E-state index contributed by atoms with van der Waals surface area (Å²) in [7, 11) is 0. The summed E-state index contributed by atoms with van der Waals surface area (Å²) in [5.41, 5.74) is 3.07. The standard InChI is InChI=1S/C12H18O/c1-3-9-5-7-11(9)13-12-8-6-10(12)4-2/h3-8H2,1-2H3. The van der Waals surface area contributed by atoms with Gasteiger partial charge in [0.1, 0.15) is 11.5 Å². The molecule has 0 atom stereocenters. The van der Waals surface area contributed by atoms with E-state index in [1.807, 2.05) is 0 Å². The van der Waals surface area contributed by atoms with Crippen molar-refractivity contribution in [2.45, 2.75) is 52.4 Å². The molecular weight excluding hydrogens is 160 g/mol. The maximum absolute atomic E-state index is 5.89. The van der Waals surface area contributed by atoms with Gasteiger partial charge in [-0.25, -0.2) is 0 Å². The van der Waals surface area contributed by atoms with Gasteiger partial charge in [0.2, 0.25) is 0 Å². The molecule has 0 aliphatic heterocycles. The summed E-state index contributed by atoms with van der Waals surface area (Å²) in [5, 5.41) is 0. The Morgan fingerprint density at radius 1 is 0.846 bits per heavy atom. The molecule has 0 unspecified atom stereocenters. The smallest absolute Gasteiger partial charge is 0.103 e. The zero-order chi connectivity index (χ0) is 9.26. The molecule has 0 saturated heterocycles. The van der Waals surface area contributed by atoms with Crippen LogP contribution in [0.2, 0.25) is 0 Å². The van der Waals surface area contributed by atoms with Gasteiger partial charge >= 0.3 is 0 Å². The minimum atomic E-state index is 1.17. The van der Waals surface area contributed by atoms with Crippen LogP contribution in [-0.4, -0.2) is 0 Å². The van der Waals surface area contributed by atoms with Crippen LogP contribution < -0.4 is 0 Å². The molecule has 0 aromatic carbocycles. The highest BCUT2D eigenvalue weighted by molar-refractivity contribution is 5.25. The summed E-state index contributed by atoms with van der Waals surface area (Å²) in [6.07, 6.45) is 7.21. The van der Waals surface area contributed by atoms with Crippen LogP contribution in [0.3, 0.4) is 0 Å². The van der Waals surface area contributed by atoms with Crippen molar-refractivity contribution in [2.24, 2.45) is 0 Å². The maximum Gasteiger partial charge on any atom is 0.103 e. The van der Waals surface area contributed by atoms with Crippen molar-refractivity contribution in [2.75, 3.05) is 0 Å². The van der Waals surface area contributed by atoms with Crippen molar-refractivity contribution in [3.63, 3.8) is 0 Å². The Kier molecular flexibility index (Phi) is 2.43. The molecule has 0 aromatic rings. The van der Waals surface area contributed by atoms with E-state index in [1.54, 1.807) is 0 Å². The lowest BCUT2D eigenvalue weighted by Gasteiger charge is -2.29. The third-order valence-corrected chi connectivity index (χ3v) is 3.20. The Balaban J connectivity index is 1.99. The molecule has 72 valence electrons. The molecule has 2 aliphatic carbocycles. The van der Waals surface area contributed by atoms with Gasteiger partial charge in [0.05, 0.1) is 0 Å². The fourth-order valence-corrected chi connectivity index (χ4v) is 1.95. The Hall–Kier alpha value is -0.720. The molecular formula is C12H18O. The van der Waals surface area contributed by atoms with Crippen molar-refractivity contribution in [1.82, 2.24) is 0 Å². The fourth-order valence-electron chi connectivity index (χ4n) is 1.95. The fraction of sp³-hybridized carbons (Fsp3) is 0.667. The van der Waals surface area contributed by atoms with Crippen LogP contribution in [0.1, 0.15) is 52.4 Å². The zero-order valence-electron chi connectivity index (χ0n) is 8.65. The SMILES string of the molecule is CCC1=C(OC2=C(CC)CC2)CC1. The predicted octanol–water partition coefficient (Wildman–Crippen LogP) is 3.92. The Bertz CT molecular complexity index is 243. The van der Waals surface area contributed by atoms with Gasteiger partial charge in [-0.15, -0.1) is 0 Å². The molecule has 13 heavy (non-hydrogen) atoms. The lowest BCUT2D eigenvalue weighted by Crippen LogP contribution is -2.12. The molecule has 0 radical (unpaired) electrons. The summed E-state index contributed by atoms with van der Waals surface area (Å²) >= 11 is 0. The van der Waals surface area contributed by atoms with Crippen LogP contribution in [0.5, 0.6) is 0 Å². The minimum Gasteiger partial charge on any atom is -0.466 e. The van der Waals surface area contributed by atoms with Gasteiger partial charge in [-0.05, 0) is 36.8 Å². The van der Waals surface area contributed by atoms with E-state index in [-0.39, 0.29) is 0 Å². The second-order valence-electron chi connectivity index (χ2n) is 3.86. The largest absolute Gasteiger partial charge is 0.466 e. The molecule has 0 amide bonds. The first kappa shape index (κ1) is 8.86. The molecule has 2 rings (SSSR count). The summed E-state index contributed by atoms with van der Waals surface area (Å²) in [6, 6.07) is 0. The van der Waals surface area contributed by atoms with Crippen LogP contribution in [0.4, 0.5) is 0 Å². The Morgan fingerprint density at radius 2 is 1.31 bits per heavy atom. The highest BCUT2D eigenvalue weighted by atomic mass is 16.5. The van der Waals surface area contributed by atoms with E-state index in [1.165, 1.54) is 61.2 Å². The first-order valence-corrected chi connectivity index (χ1v) is 5.44. The summed E-state index contributed by atoms with van der Waals surface area (Å²) in [5.74, 6) is 2.56. The van der Waals surface area contributed by atoms with Crippen LogP contribution in [-0.2, 0) is 4.74 Å². The lowest BCUT2D eigenvalue weighted by molar-refractivity contribution is 0.229. The molecule has 0 heterocycles. The van der Waals surface area contributed by atoms with E-state index >= 15 is 0 Å². The predicted molar refractivity (Wildman–Crippen MR) is 54.2 cm³/mol. The highest BCUT2D eigenvalue weighted by Gasteiger charge is 2.23. The number of allylic oxidation sites excluding steroid dienone is 4. The Morgan fingerprint density at radius 3 is 1.54 bits per heavy atom. The molecule has 0 fully saturated rings. The molecule has 0 bridgehead atoms. The van der Waals surface area contributed by atoms with E-state index in [9.17, 15) is 0 Å². The van der Waals surface area contributed by atoms with Crippen molar-refractivity contribution < 1.29 is 4.74 Å². The first-order chi connectivity index (χ1) is 6.35. The van der Waals surface area contributed by atoms with Crippen LogP contribution in [0, 0.1) is 0 Å². The number of hydrogen-bond donors (Lipinski definition) is 0. The topological polar surface area (TPSA) is 9.23 Å². The van der Waals surface area contributed by atoms with E-state index in [2.05, 4.69) is 13.8 Å². The summed E-state index contributed by atoms with van der Waals surface area (Å²) in [6.45, 7) is 4.43. The van der Waals surface area contributed by atoms with Gasteiger partial charge in [-0.3, -0.25) is 0 Å². The average Bonchev–Trinajstić information content (AvgIpc) is 2.02. The third-order valence-electron chi connectivity index (χ3n) is 3.20. The zero-order valence-corrected chi connectivity index (χ0v) is 8.65. The van der Waals surface area contributed by atoms with Crippen molar-refractivity contribution >= 4 is 0 Å². The van der Waals surface area contributed by atoms with Gasteiger partial charge in [-0.2, -0.15) is 0 Å². The van der Waals surface area contributed by atoms with Gasteiger partial charge in [0, 0.05) is 12.8 Å². The summed E-state index contributed by atoms with van der Waals surface area (Å²) < 4.78 is 5.89. The minimum absolute atomic E-state index is 1.17. The molecule has 0 aromatic heterocycles. The van der Waals surface area contributed by atoms with E-state index < -0.39 is 0 Å². The number of hydrogen-bond acceptors (Lipinski definition) is 1. The van der Waals surface area contributed by atoms with Crippen molar-refractivity contribution in [1.29, 1.82) is 0 Å². The number of ether oxygens (including phenoxy) is 1. The Labute approximate surface area is 80.5 Å². The molecule has 0 saturated carbocycles. The maximum atomic E-state index is 5.89. The quantitative estimate of drug-likeness (QED) is 0.634. The molecule has 2 aliphatic rings. The first-order valence-electron chi connectivity index (χ1n) is 5.44. The highest BCUT2D eigenvalue weighted by Crippen LogP contribution is 2.38. The van der Waals surface area contributed by atoms with Crippen molar-refractivity contribution in [3.8, 4) is 0 Å². The van der Waals surface area contributed by atoms with Crippen LogP contribution in [0.15, 0.2) is 22.7 Å². The molecule has 1 nitrogen and oxygen atoms in total. The third kappa shape index (κ3) is 1.52. The second-order valence-corrected chi connectivity index (χ2v) is 3.86. The average molecular weight is 178 g/mol. The van der Waals surface area contributed by atoms with Crippen molar-refractivity contribution in [3.05, 3.63) is 22.7 Å². The van der Waals surface area contributed by atoms with Gasteiger partial charge in [0.25, 0.3) is 0 Å². The van der Waals surface area contributed by atoms with Gasteiger partial charge in [-0.1, -0.05) is 13.8 Å². The summed E-state index contributed by atoms with van der Waals surface area (Å²) in [4.78, 5) is 0. The van der Waals surface area contributed by atoms with Gasteiger partial charge < -0.3 is 4.74 Å². The monoisotopic (exact) mass is 178 g/mol. The van der Waals surface area contributed by atoms with Crippen LogP contribution >= 0.6 is 0 Å². The molecule has 1 heteroatoms. The van der Waals surface area contributed by atoms with E-state index in [0.717, 1.165) is 0 Å². The van der Waals surface area contributed by atoms with Gasteiger partial charge in [0.15, 0.2) is 0 Å².